The van der Waals surface area contributed by atoms with Crippen molar-refractivity contribution in [3.05, 3.63) is 157 Å². The summed E-state index contributed by atoms with van der Waals surface area (Å²) in [6.45, 7) is 0. The molecule has 0 amide bonds. The van der Waals surface area contributed by atoms with Crippen LogP contribution in [0.5, 0.6) is 0 Å². The molecule has 1 aliphatic rings. The lowest BCUT2D eigenvalue weighted by molar-refractivity contribution is 0.104. The Morgan fingerprint density at radius 3 is 1.15 bits per heavy atom. The molecule has 0 saturated heterocycles. The van der Waals surface area contributed by atoms with Crippen LogP contribution in [-0.2, 0) is 0 Å². The third-order valence-electron chi connectivity index (χ3n) is 10.2. The van der Waals surface area contributed by atoms with Gasteiger partial charge >= 0.3 is 0 Å². The molecule has 8 aromatic rings. The average Bonchev–Trinajstić information content (AvgIpc) is 3.94. The quantitative estimate of drug-likeness (QED) is 0.165. The molecule has 0 radical (unpaired) electrons. The largest absolute Gasteiger partial charge is 0.378 e. The van der Waals surface area contributed by atoms with Crippen molar-refractivity contribution >= 4 is 17.2 Å². The van der Waals surface area contributed by atoms with Crippen LogP contribution in [0.2, 0.25) is 0 Å². The normalized spacial score (nSPS) is 11.7. The van der Waals surface area contributed by atoms with Crippen molar-refractivity contribution in [2.75, 3.05) is 38.0 Å². The SMILES string of the molecule is CN(C)c1ccc(-c2nc(-c3ccccc3)c(-c3ccc4c(c3)-c3cc(-c5[nH]c(-c6ccc(N(C)C)cc6)nc5-c5ccccc5)ccc3C4=O)[nH]2)cc1. The number of hydrogen-bond acceptors (Lipinski definition) is 5. The summed E-state index contributed by atoms with van der Waals surface area (Å²) in [6.07, 6.45) is 0. The Hall–Kier alpha value is -6.99. The number of fused-ring (bicyclic) bond motifs is 3. The minimum absolute atomic E-state index is 0.0298. The van der Waals surface area contributed by atoms with Gasteiger partial charge in [-0.2, -0.15) is 0 Å². The Morgan fingerprint density at radius 2 is 0.778 bits per heavy atom. The topological polar surface area (TPSA) is 80.9 Å². The molecule has 0 aliphatic heterocycles. The highest BCUT2D eigenvalue weighted by Gasteiger charge is 2.29. The van der Waals surface area contributed by atoms with E-state index in [9.17, 15) is 4.79 Å². The van der Waals surface area contributed by atoms with Crippen molar-refractivity contribution in [1.82, 2.24) is 19.9 Å². The first kappa shape index (κ1) is 32.9. The molecular weight excluding hydrogens is 665 g/mol. The van der Waals surface area contributed by atoms with E-state index in [0.29, 0.717) is 11.1 Å². The summed E-state index contributed by atoms with van der Waals surface area (Å²) >= 11 is 0. The second-order valence-corrected chi connectivity index (χ2v) is 14.1. The van der Waals surface area contributed by atoms with Crippen molar-refractivity contribution in [3.8, 4) is 78.9 Å². The lowest BCUT2D eigenvalue weighted by Gasteiger charge is -2.12. The fourth-order valence-electron chi connectivity index (χ4n) is 7.27. The van der Waals surface area contributed by atoms with Crippen LogP contribution in [-0.4, -0.2) is 53.9 Å². The van der Waals surface area contributed by atoms with Gasteiger partial charge in [-0.25, -0.2) is 9.97 Å². The van der Waals surface area contributed by atoms with Crippen LogP contribution in [0.4, 0.5) is 11.4 Å². The van der Waals surface area contributed by atoms with E-state index in [1.807, 2.05) is 88.9 Å². The number of aromatic nitrogens is 4. The van der Waals surface area contributed by atoms with Gasteiger partial charge in [-0.1, -0.05) is 72.8 Å². The molecule has 7 nitrogen and oxygen atoms in total. The van der Waals surface area contributed by atoms with Crippen LogP contribution in [0.3, 0.4) is 0 Å². The Labute approximate surface area is 314 Å². The maximum Gasteiger partial charge on any atom is 0.194 e. The third-order valence-corrected chi connectivity index (χ3v) is 10.2. The maximum absolute atomic E-state index is 13.8. The first-order valence-electron chi connectivity index (χ1n) is 18.0. The van der Waals surface area contributed by atoms with Crippen molar-refractivity contribution in [1.29, 1.82) is 0 Å². The highest BCUT2D eigenvalue weighted by atomic mass is 16.1. The second-order valence-electron chi connectivity index (χ2n) is 14.1. The van der Waals surface area contributed by atoms with Gasteiger partial charge in [-0.3, -0.25) is 4.79 Å². The second kappa shape index (κ2) is 13.2. The van der Waals surface area contributed by atoms with Gasteiger partial charge < -0.3 is 19.8 Å². The summed E-state index contributed by atoms with van der Waals surface area (Å²) in [6, 6.07) is 49.4. The number of carbonyl (C=O) groups excluding carboxylic acids is 1. The standard InChI is InChI=1S/C47H38N6O/c1-52(2)35-21-15-31(16-22-35)46-48-41(29-11-7-5-8-12-29)43(50-46)33-19-25-37-39(27-33)40-28-34(20-26-38(40)45(37)54)44-42(30-13-9-6-10-14-30)49-47(51-44)32-17-23-36(24-18-32)53(3)4/h5-28H,1-4H3,(H,48,50)(H,49,51). The molecular formula is C47H38N6O. The highest BCUT2D eigenvalue weighted by molar-refractivity contribution is 6.22. The van der Waals surface area contributed by atoms with E-state index in [1.54, 1.807) is 0 Å². The van der Waals surface area contributed by atoms with Gasteiger partial charge in [0, 0.05) is 84.1 Å². The van der Waals surface area contributed by atoms with E-state index in [2.05, 4.69) is 105 Å². The molecule has 9 rings (SSSR count). The molecule has 0 fully saturated rings. The molecule has 2 aromatic heterocycles. The minimum atomic E-state index is 0.0298. The number of imidazole rings is 2. The predicted molar refractivity (Wildman–Crippen MR) is 221 cm³/mol. The van der Waals surface area contributed by atoms with Crippen LogP contribution in [0.25, 0.3) is 78.9 Å². The third kappa shape index (κ3) is 5.76. The number of rotatable bonds is 8. The van der Waals surface area contributed by atoms with E-state index in [4.69, 9.17) is 9.97 Å². The number of anilines is 2. The van der Waals surface area contributed by atoms with Crippen molar-refractivity contribution < 1.29 is 4.79 Å². The van der Waals surface area contributed by atoms with Crippen molar-refractivity contribution in [2.45, 2.75) is 0 Å². The van der Waals surface area contributed by atoms with Gasteiger partial charge in [0.05, 0.1) is 22.8 Å². The zero-order chi connectivity index (χ0) is 36.9. The van der Waals surface area contributed by atoms with Crippen molar-refractivity contribution in [2.24, 2.45) is 0 Å². The predicted octanol–water partition coefficient (Wildman–Crippen LogP) is 10.5. The average molecular weight is 703 g/mol. The smallest absolute Gasteiger partial charge is 0.194 e. The van der Waals surface area contributed by atoms with Gasteiger partial charge in [0.15, 0.2) is 5.78 Å². The molecule has 2 heterocycles. The Balaban J connectivity index is 1.16. The summed E-state index contributed by atoms with van der Waals surface area (Å²) in [5.74, 6) is 1.60. The van der Waals surface area contributed by atoms with Gasteiger partial charge in [0.2, 0.25) is 0 Å². The van der Waals surface area contributed by atoms with Crippen molar-refractivity contribution in [3.63, 3.8) is 0 Å². The summed E-state index contributed by atoms with van der Waals surface area (Å²) < 4.78 is 0. The fraction of sp³-hybridized carbons (Fsp3) is 0.0851. The van der Waals surface area contributed by atoms with Crippen LogP contribution >= 0.6 is 0 Å². The van der Waals surface area contributed by atoms with E-state index < -0.39 is 0 Å². The van der Waals surface area contributed by atoms with Gasteiger partial charge in [0.1, 0.15) is 11.6 Å². The summed E-state index contributed by atoms with van der Waals surface area (Å²) in [4.78, 5) is 35.6. The van der Waals surface area contributed by atoms with E-state index in [-0.39, 0.29) is 5.78 Å². The maximum atomic E-state index is 13.8. The first-order valence-corrected chi connectivity index (χ1v) is 18.0. The molecule has 54 heavy (non-hydrogen) atoms. The number of carbonyl (C=O) groups is 1. The molecule has 0 bridgehead atoms. The summed E-state index contributed by atoms with van der Waals surface area (Å²) in [5.41, 5.74) is 14.9. The lowest BCUT2D eigenvalue weighted by Crippen LogP contribution is -2.07. The zero-order valence-corrected chi connectivity index (χ0v) is 30.6. The van der Waals surface area contributed by atoms with E-state index >= 15 is 0 Å². The Kier molecular flexibility index (Phi) is 8.04. The molecule has 262 valence electrons. The number of benzene rings is 6. The van der Waals surface area contributed by atoms with Gasteiger partial charge in [0.25, 0.3) is 0 Å². The molecule has 2 N–H and O–H groups in total. The highest BCUT2D eigenvalue weighted by Crippen LogP contribution is 2.44. The molecule has 0 atom stereocenters. The fourth-order valence-corrected chi connectivity index (χ4v) is 7.27. The van der Waals surface area contributed by atoms with Gasteiger partial charge in [-0.05, 0) is 83.9 Å². The van der Waals surface area contributed by atoms with Crippen LogP contribution in [0, 0.1) is 0 Å². The number of nitrogens with one attached hydrogen (secondary N) is 2. The molecule has 1 aliphatic carbocycles. The molecule has 0 unspecified atom stereocenters. The molecule has 0 saturated carbocycles. The van der Waals surface area contributed by atoms with Crippen LogP contribution < -0.4 is 9.80 Å². The van der Waals surface area contributed by atoms with Crippen LogP contribution in [0.1, 0.15) is 15.9 Å². The number of hydrogen-bond donors (Lipinski definition) is 2. The Morgan fingerprint density at radius 1 is 0.407 bits per heavy atom. The first-order chi connectivity index (χ1) is 26.3. The van der Waals surface area contributed by atoms with Gasteiger partial charge in [-0.15, -0.1) is 0 Å². The number of H-pyrrole nitrogens is 2. The van der Waals surface area contributed by atoms with Crippen LogP contribution in [0.15, 0.2) is 146 Å². The minimum Gasteiger partial charge on any atom is -0.378 e. The van der Waals surface area contributed by atoms with E-state index in [0.717, 1.165) is 90.3 Å². The van der Waals surface area contributed by atoms with E-state index in [1.165, 1.54) is 0 Å². The number of nitrogens with zero attached hydrogens (tertiary/aromatic N) is 4. The monoisotopic (exact) mass is 702 g/mol. The lowest BCUT2D eigenvalue weighted by atomic mass is 9.97. The summed E-state index contributed by atoms with van der Waals surface area (Å²) in [7, 11) is 8.14. The Bertz CT molecular complexity index is 2470. The molecule has 0 spiro atoms. The molecule has 7 heteroatoms. The molecule has 6 aromatic carbocycles. The summed E-state index contributed by atoms with van der Waals surface area (Å²) in [5, 5.41) is 0. The zero-order valence-electron chi connectivity index (χ0n) is 30.6. The number of aromatic amines is 2. The number of ketones is 1.